The van der Waals surface area contributed by atoms with Crippen LogP contribution in [-0.2, 0) is 15.3 Å². The molecular weight excluding hydrogens is 389 g/mol. The number of pyridine rings is 1. The summed E-state index contributed by atoms with van der Waals surface area (Å²) in [6, 6.07) is 1.03. The number of alkyl halides is 1. The second kappa shape index (κ2) is 6.84. The summed E-state index contributed by atoms with van der Waals surface area (Å²) in [6.07, 6.45) is 3.50. The third kappa shape index (κ3) is 3.25. The summed E-state index contributed by atoms with van der Waals surface area (Å²) in [5, 5.41) is -1.71. The van der Waals surface area contributed by atoms with E-state index in [0.717, 1.165) is 19.3 Å². The van der Waals surface area contributed by atoms with Gasteiger partial charge in [0.1, 0.15) is 11.4 Å². The average molecular weight is 407 g/mol. The van der Waals surface area contributed by atoms with Crippen molar-refractivity contribution >= 4 is 33.9 Å². The lowest BCUT2D eigenvalue weighted by atomic mass is 9.77. The molecule has 1 aromatic heterocycles. The second-order valence-corrected chi connectivity index (χ2v) is 8.25. The van der Waals surface area contributed by atoms with Gasteiger partial charge in [0.25, 0.3) is 11.1 Å². The highest BCUT2D eigenvalue weighted by atomic mass is 32.2. The first-order valence-electron chi connectivity index (χ1n) is 9.02. The normalized spacial score (nSPS) is 23.5. The number of halogens is 1. The standard InChI is InChI=1S/C18H18FN3O5S/c19-18(6-1-7-18)10-4-5-11(21-14(10)27-8-9-2-3-9)15(24)22-12(13(20)23)16(25)28-17(22)26/h4-5,9,12H,1-3,6-8H2,(H2,20,23). The van der Waals surface area contributed by atoms with Gasteiger partial charge < -0.3 is 10.5 Å². The van der Waals surface area contributed by atoms with Crippen molar-refractivity contribution in [2.75, 3.05) is 6.61 Å². The smallest absolute Gasteiger partial charge is 0.297 e. The summed E-state index contributed by atoms with van der Waals surface area (Å²) in [7, 11) is 0. The van der Waals surface area contributed by atoms with E-state index < -0.39 is 33.9 Å². The van der Waals surface area contributed by atoms with Gasteiger partial charge >= 0.3 is 0 Å². The Morgan fingerprint density at radius 3 is 2.61 bits per heavy atom. The third-order valence-corrected chi connectivity index (χ3v) is 6.01. The predicted molar refractivity (Wildman–Crippen MR) is 96.2 cm³/mol. The van der Waals surface area contributed by atoms with Crippen LogP contribution in [0.25, 0.3) is 0 Å². The lowest BCUT2D eigenvalue weighted by Crippen LogP contribution is -2.48. The Bertz CT molecular complexity index is 884. The molecule has 4 rings (SSSR count). The Labute approximate surface area is 164 Å². The molecule has 0 spiro atoms. The van der Waals surface area contributed by atoms with Gasteiger partial charge in [0.15, 0.2) is 6.04 Å². The number of aromatic nitrogens is 1. The van der Waals surface area contributed by atoms with E-state index in [2.05, 4.69) is 4.98 Å². The van der Waals surface area contributed by atoms with E-state index in [-0.39, 0.29) is 28.9 Å². The molecule has 1 aromatic rings. The van der Waals surface area contributed by atoms with E-state index in [9.17, 15) is 23.6 Å². The van der Waals surface area contributed by atoms with Crippen molar-refractivity contribution in [3.63, 3.8) is 0 Å². The molecule has 148 valence electrons. The molecule has 1 saturated heterocycles. The highest BCUT2D eigenvalue weighted by molar-refractivity contribution is 8.26. The molecule has 3 fully saturated rings. The highest BCUT2D eigenvalue weighted by Gasteiger charge is 2.48. The molecule has 10 heteroatoms. The number of hydrogen-bond donors (Lipinski definition) is 1. The number of rotatable bonds is 6. The maximum Gasteiger partial charge on any atom is 0.297 e. The first-order valence-corrected chi connectivity index (χ1v) is 9.83. The van der Waals surface area contributed by atoms with Crippen molar-refractivity contribution in [3.05, 3.63) is 23.4 Å². The van der Waals surface area contributed by atoms with E-state index in [1.807, 2.05) is 0 Å². The monoisotopic (exact) mass is 407 g/mol. The number of hydrogen-bond acceptors (Lipinski definition) is 7. The Morgan fingerprint density at radius 1 is 1.32 bits per heavy atom. The molecule has 2 saturated carbocycles. The van der Waals surface area contributed by atoms with Gasteiger partial charge in [-0.3, -0.25) is 19.2 Å². The van der Waals surface area contributed by atoms with Crippen molar-refractivity contribution in [2.45, 2.75) is 43.8 Å². The molecule has 1 atom stereocenters. The van der Waals surface area contributed by atoms with E-state index in [4.69, 9.17) is 10.5 Å². The number of nitrogens with zero attached hydrogens (tertiary/aromatic N) is 2. The topological polar surface area (TPSA) is 120 Å². The average Bonchev–Trinajstić information content (AvgIpc) is 3.40. The number of ether oxygens (including phenoxy) is 1. The van der Waals surface area contributed by atoms with E-state index in [1.54, 1.807) is 0 Å². The fraction of sp³-hybridized carbons (Fsp3) is 0.500. The minimum atomic E-state index is -1.68. The molecule has 1 aliphatic heterocycles. The van der Waals surface area contributed by atoms with Crippen LogP contribution < -0.4 is 10.5 Å². The highest BCUT2D eigenvalue weighted by Crippen LogP contribution is 2.48. The van der Waals surface area contributed by atoms with Crippen molar-refractivity contribution in [1.82, 2.24) is 9.88 Å². The van der Waals surface area contributed by atoms with Crippen molar-refractivity contribution < 1.29 is 28.3 Å². The van der Waals surface area contributed by atoms with Crippen LogP contribution in [0, 0.1) is 5.92 Å². The van der Waals surface area contributed by atoms with Crippen molar-refractivity contribution in [1.29, 1.82) is 0 Å². The summed E-state index contributed by atoms with van der Waals surface area (Å²) in [5.41, 5.74) is 3.69. The molecule has 0 radical (unpaired) electrons. The molecule has 0 bridgehead atoms. The lowest BCUT2D eigenvalue weighted by Gasteiger charge is -2.35. The zero-order valence-corrected chi connectivity index (χ0v) is 15.7. The number of carbonyl (C=O) groups is 4. The molecular formula is C18H18FN3O5S. The molecule has 3 amide bonds. The molecule has 2 aliphatic carbocycles. The van der Waals surface area contributed by atoms with Crippen molar-refractivity contribution in [2.24, 2.45) is 11.7 Å². The SMILES string of the molecule is NC(=O)C1C(=O)SC(=O)N1C(=O)c1ccc(C2(F)CCC2)c(OCC2CC2)n1. The maximum absolute atomic E-state index is 15.0. The van der Waals surface area contributed by atoms with Gasteiger partial charge in [0.05, 0.1) is 12.2 Å². The van der Waals surface area contributed by atoms with Gasteiger partial charge in [-0.05, 0) is 50.2 Å². The molecule has 2 heterocycles. The predicted octanol–water partition coefficient (Wildman–Crippen LogP) is 1.91. The second-order valence-electron chi connectivity index (χ2n) is 7.29. The first kappa shape index (κ1) is 18.9. The van der Waals surface area contributed by atoms with E-state index in [0.29, 0.717) is 30.3 Å². The first-order chi connectivity index (χ1) is 13.3. The van der Waals surface area contributed by atoms with Crippen LogP contribution in [0.4, 0.5) is 9.18 Å². The van der Waals surface area contributed by atoms with Gasteiger partial charge in [-0.2, -0.15) is 0 Å². The Morgan fingerprint density at radius 2 is 2.04 bits per heavy atom. The zero-order valence-electron chi connectivity index (χ0n) is 14.9. The summed E-state index contributed by atoms with van der Waals surface area (Å²) in [5.74, 6) is -1.65. The molecule has 1 unspecified atom stereocenters. The summed E-state index contributed by atoms with van der Waals surface area (Å²) in [6.45, 7) is 0.370. The Balaban J connectivity index is 1.66. The van der Waals surface area contributed by atoms with Crippen LogP contribution in [0.3, 0.4) is 0 Å². The molecule has 0 aromatic carbocycles. The quantitative estimate of drug-likeness (QED) is 0.715. The summed E-state index contributed by atoms with van der Waals surface area (Å²) < 4.78 is 20.7. The van der Waals surface area contributed by atoms with E-state index in [1.165, 1.54) is 12.1 Å². The van der Waals surface area contributed by atoms with Crippen LogP contribution in [-0.4, -0.2) is 44.7 Å². The number of imide groups is 1. The molecule has 2 N–H and O–H groups in total. The lowest BCUT2D eigenvalue weighted by molar-refractivity contribution is -0.127. The van der Waals surface area contributed by atoms with Gasteiger partial charge in [0, 0.05) is 11.8 Å². The fourth-order valence-corrected chi connectivity index (χ4v) is 4.01. The molecule has 8 nitrogen and oxygen atoms in total. The Kier molecular flexibility index (Phi) is 4.60. The van der Waals surface area contributed by atoms with Crippen LogP contribution in [0.1, 0.15) is 48.2 Å². The van der Waals surface area contributed by atoms with Crippen LogP contribution in [0.2, 0.25) is 0 Å². The number of primary amides is 1. The van der Waals surface area contributed by atoms with Crippen molar-refractivity contribution in [3.8, 4) is 5.88 Å². The number of carbonyl (C=O) groups excluding carboxylic acids is 4. The fourth-order valence-electron chi connectivity index (χ4n) is 3.22. The third-order valence-electron chi connectivity index (χ3n) is 5.22. The summed E-state index contributed by atoms with van der Waals surface area (Å²) in [4.78, 5) is 52.8. The van der Waals surface area contributed by atoms with Gasteiger partial charge in [0.2, 0.25) is 16.9 Å². The Hall–Kier alpha value is -2.49. The van der Waals surface area contributed by atoms with E-state index >= 15 is 0 Å². The zero-order chi connectivity index (χ0) is 20.1. The van der Waals surface area contributed by atoms with Gasteiger partial charge in [-0.1, -0.05) is 0 Å². The van der Waals surface area contributed by atoms with Gasteiger partial charge in [-0.15, -0.1) is 0 Å². The molecule has 28 heavy (non-hydrogen) atoms. The molecule has 3 aliphatic rings. The largest absolute Gasteiger partial charge is 0.477 e. The van der Waals surface area contributed by atoms with Crippen LogP contribution in [0.5, 0.6) is 5.88 Å². The number of nitrogens with two attached hydrogens (primary N) is 1. The maximum atomic E-state index is 15.0. The van der Waals surface area contributed by atoms with Gasteiger partial charge in [-0.25, -0.2) is 14.3 Å². The van der Waals surface area contributed by atoms with Crippen LogP contribution in [0.15, 0.2) is 12.1 Å². The number of amides is 3. The van der Waals surface area contributed by atoms with Crippen LogP contribution >= 0.6 is 11.8 Å². The minimum Gasteiger partial charge on any atom is -0.477 e. The summed E-state index contributed by atoms with van der Waals surface area (Å²) >= 11 is 0.242. The number of thioether (sulfide) groups is 1. The minimum absolute atomic E-state index is 0.0150.